The molecule has 8 heteroatoms. The molecule has 0 aliphatic carbocycles. The van der Waals surface area contributed by atoms with Crippen LogP contribution in [0.15, 0.2) is 25.4 Å². The number of nitrogens with zero attached hydrogens (tertiary/aromatic N) is 1. The summed E-state index contributed by atoms with van der Waals surface area (Å²) in [4.78, 5) is 0.272. The molecule has 0 N–H and O–H groups in total. The normalized spacial score (nSPS) is 15.9. The summed E-state index contributed by atoms with van der Waals surface area (Å²) < 4.78 is 41.9. The van der Waals surface area contributed by atoms with E-state index in [-0.39, 0.29) is 10.6 Å². The van der Waals surface area contributed by atoms with Gasteiger partial charge >= 0.3 is 9.24 Å². The third-order valence-corrected chi connectivity index (χ3v) is 5.83. The van der Waals surface area contributed by atoms with Gasteiger partial charge in [-0.05, 0) is 13.0 Å². The van der Waals surface area contributed by atoms with E-state index in [0.717, 1.165) is 0 Å². The van der Waals surface area contributed by atoms with Gasteiger partial charge in [-0.3, -0.25) is 0 Å². The van der Waals surface area contributed by atoms with Crippen LogP contribution in [0, 0.1) is 6.92 Å². The Hall–Kier alpha value is -0.530. The Morgan fingerprint density at radius 2 is 2.07 bits per heavy atom. The lowest BCUT2D eigenvalue weighted by Crippen LogP contribution is -2.06. The maximum atomic E-state index is 12.2. The zero-order valence-electron chi connectivity index (χ0n) is 8.14. The summed E-state index contributed by atoms with van der Waals surface area (Å²) in [6.07, 6.45) is 1.33. The zero-order valence-corrected chi connectivity index (χ0v) is 10.5. The fourth-order valence-corrected chi connectivity index (χ4v) is 4.89. The highest BCUT2D eigenvalue weighted by atomic mass is 35.7. The Kier molecular flexibility index (Phi) is 3.47. The van der Waals surface area contributed by atoms with Gasteiger partial charge in [0, 0.05) is 16.4 Å². The van der Waals surface area contributed by atoms with Crippen molar-refractivity contribution in [2.45, 2.75) is 18.7 Å². The molecule has 0 aliphatic rings. The maximum Gasteiger partial charge on any atom is 0.347 e. The molecular formula is C7H10ClNO4S2. The highest BCUT2D eigenvalue weighted by Crippen LogP contribution is 2.21. The van der Waals surface area contributed by atoms with Gasteiger partial charge < -0.3 is 4.42 Å². The second-order valence-corrected chi connectivity index (χ2v) is 7.65. The molecular weight excluding hydrogens is 262 g/mol. The summed E-state index contributed by atoms with van der Waals surface area (Å²) >= 11 is 0. The molecule has 0 amide bonds. The smallest absolute Gasteiger partial charge is 0.347 e. The molecule has 0 fully saturated rings. The molecule has 15 heavy (non-hydrogen) atoms. The van der Waals surface area contributed by atoms with E-state index in [1.807, 2.05) is 0 Å². The monoisotopic (exact) mass is 271 g/mol. The van der Waals surface area contributed by atoms with Crippen LogP contribution in [0.4, 0.5) is 0 Å². The van der Waals surface area contributed by atoms with Gasteiger partial charge in [0.2, 0.25) is 0 Å². The Morgan fingerprint density at radius 3 is 2.40 bits per heavy atom. The maximum absolute atomic E-state index is 12.2. The van der Waals surface area contributed by atoms with Crippen molar-refractivity contribution < 1.29 is 17.0 Å². The molecule has 0 radical (unpaired) electrons. The third-order valence-electron chi connectivity index (χ3n) is 1.76. The summed E-state index contributed by atoms with van der Waals surface area (Å²) in [5.74, 6) is 0.435. The van der Waals surface area contributed by atoms with E-state index in [0.29, 0.717) is 5.76 Å². The summed E-state index contributed by atoms with van der Waals surface area (Å²) in [6, 6.07) is 1.44. The van der Waals surface area contributed by atoms with E-state index in [1.54, 1.807) is 13.8 Å². The van der Waals surface area contributed by atoms with Crippen LogP contribution in [0.3, 0.4) is 0 Å². The minimum absolute atomic E-state index is 0.0549. The zero-order chi connectivity index (χ0) is 11.7. The lowest BCUT2D eigenvalue weighted by molar-refractivity contribution is 0.525. The molecule has 0 spiro atoms. The molecule has 1 aromatic heterocycles. The topological polar surface area (TPSA) is 76.7 Å². The van der Waals surface area contributed by atoms with E-state index >= 15 is 0 Å². The number of hydrogen-bond acceptors (Lipinski definition) is 4. The van der Waals surface area contributed by atoms with Gasteiger partial charge in [0.1, 0.15) is 5.76 Å². The van der Waals surface area contributed by atoms with Gasteiger partial charge in [-0.15, -0.1) is 0 Å². The molecule has 0 saturated heterocycles. The average molecular weight is 272 g/mol. The van der Waals surface area contributed by atoms with Gasteiger partial charge in [-0.25, -0.2) is 4.21 Å². The molecule has 0 saturated carbocycles. The van der Waals surface area contributed by atoms with Crippen molar-refractivity contribution in [3.8, 4) is 0 Å². The predicted octanol–water partition coefficient (Wildman–Crippen LogP) is 1.92. The van der Waals surface area contributed by atoms with Crippen molar-refractivity contribution >= 4 is 29.6 Å². The van der Waals surface area contributed by atoms with E-state index in [4.69, 9.17) is 15.1 Å². The van der Waals surface area contributed by atoms with Gasteiger partial charge in [-0.2, -0.15) is 8.42 Å². The van der Waals surface area contributed by atoms with Crippen LogP contribution in [-0.4, -0.2) is 18.4 Å². The largest absolute Gasteiger partial charge is 0.468 e. The van der Waals surface area contributed by atoms with Crippen molar-refractivity contribution in [3.63, 3.8) is 0 Å². The number of hydrogen-bond donors (Lipinski definition) is 0. The summed E-state index contributed by atoms with van der Waals surface area (Å²) in [7, 11) is -2.23. The third kappa shape index (κ3) is 2.96. The fourth-order valence-electron chi connectivity index (χ4n) is 1.10. The van der Waals surface area contributed by atoms with E-state index in [9.17, 15) is 12.6 Å². The standard InChI is InChI=1S/C7H10ClNO4S2/c1-3-14(10,9-15(8,11)12)7-4-5-13-6(7)2/h4-5H,3H2,1-2H3/t14-/m1/s1. The van der Waals surface area contributed by atoms with Gasteiger partial charge in [0.05, 0.1) is 20.9 Å². The van der Waals surface area contributed by atoms with Crippen molar-refractivity contribution in [1.29, 1.82) is 0 Å². The van der Waals surface area contributed by atoms with Crippen LogP contribution >= 0.6 is 10.7 Å². The second kappa shape index (κ2) is 4.15. The van der Waals surface area contributed by atoms with Gasteiger partial charge in [-0.1, -0.05) is 10.7 Å². The summed E-state index contributed by atoms with van der Waals surface area (Å²) in [5.41, 5.74) is 0. The Balaban J connectivity index is 3.51. The quantitative estimate of drug-likeness (QED) is 0.787. The van der Waals surface area contributed by atoms with Gasteiger partial charge in [0.25, 0.3) is 0 Å². The van der Waals surface area contributed by atoms with Crippen LogP contribution in [0.25, 0.3) is 0 Å². The number of halogens is 1. The molecule has 1 rings (SSSR count). The Labute approximate surface area is 93.2 Å². The van der Waals surface area contributed by atoms with E-state index < -0.39 is 19.0 Å². The van der Waals surface area contributed by atoms with Gasteiger partial charge in [0.15, 0.2) is 0 Å². The molecule has 1 atom stereocenters. The first-order chi connectivity index (χ1) is 6.78. The molecule has 0 aliphatic heterocycles. The molecule has 0 aromatic carbocycles. The van der Waals surface area contributed by atoms with Crippen molar-refractivity contribution in [2.75, 3.05) is 5.75 Å². The highest BCUT2D eigenvalue weighted by Gasteiger charge is 2.19. The number of furan rings is 1. The van der Waals surface area contributed by atoms with Crippen LogP contribution in [0.1, 0.15) is 12.7 Å². The second-order valence-electron chi connectivity index (χ2n) is 2.76. The highest BCUT2D eigenvalue weighted by molar-refractivity contribution is 8.17. The number of rotatable bonds is 3. The predicted molar refractivity (Wildman–Crippen MR) is 57.6 cm³/mol. The van der Waals surface area contributed by atoms with Crippen LogP contribution in [0.2, 0.25) is 0 Å². The van der Waals surface area contributed by atoms with Crippen LogP contribution < -0.4 is 0 Å². The molecule has 0 bridgehead atoms. The van der Waals surface area contributed by atoms with Crippen molar-refractivity contribution in [2.24, 2.45) is 3.77 Å². The molecule has 86 valence electrons. The molecule has 5 nitrogen and oxygen atoms in total. The lowest BCUT2D eigenvalue weighted by Gasteiger charge is -2.03. The first kappa shape index (κ1) is 12.5. The van der Waals surface area contributed by atoms with E-state index in [1.165, 1.54) is 12.3 Å². The van der Waals surface area contributed by atoms with E-state index in [2.05, 4.69) is 3.77 Å². The Morgan fingerprint density at radius 1 is 1.47 bits per heavy atom. The fraction of sp³-hybridized carbons (Fsp3) is 0.429. The first-order valence-corrected chi connectivity index (χ1v) is 7.98. The first-order valence-electron chi connectivity index (χ1n) is 4.03. The molecule has 1 heterocycles. The van der Waals surface area contributed by atoms with Crippen LogP contribution in [0.5, 0.6) is 0 Å². The van der Waals surface area contributed by atoms with Crippen molar-refractivity contribution in [3.05, 3.63) is 18.1 Å². The lowest BCUT2D eigenvalue weighted by atomic mass is 10.5. The minimum atomic E-state index is -4.16. The summed E-state index contributed by atoms with van der Waals surface area (Å²) in [5, 5.41) is 0. The Bertz CT molecular complexity index is 566. The molecule has 1 aromatic rings. The minimum Gasteiger partial charge on any atom is -0.468 e. The summed E-state index contributed by atoms with van der Waals surface area (Å²) in [6.45, 7) is 3.15. The molecule has 0 unspecified atom stereocenters. The number of aryl methyl sites for hydroxylation is 1. The average Bonchev–Trinajstić information content (AvgIpc) is 2.48. The SMILES string of the molecule is CC[S@](=O)(=NS(=O)(=O)Cl)c1ccoc1C. The van der Waals surface area contributed by atoms with Crippen molar-refractivity contribution in [1.82, 2.24) is 0 Å². The van der Waals surface area contributed by atoms with Crippen LogP contribution in [-0.2, 0) is 19.0 Å².